The summed E-state index contributed by atoms with van der Waals surface area (Å²) in [5, 5.41) is 7.25. The fraction of sp³-hybridized carbons (Fsp3) is 0.294. The van der Waals surface area contributed by atoms with Crippen molar-refractivity contribution in [1.29, 1.82) is 0 Å². The lowest BCUT2D eigenvalue weighted by Gasteiger charge is -2.26. The van der Waals surface area contributed by atoms with E-state index in [0.29, 0.717) is 11.0 Å². The minimum absolute atomic E-state index is 0.188. The molecule has 1 aromatic heterocycles. The van der Waals surface area contributed by atoms with E-state index in [1.807, 2.05) is 12.1 Å². The molecule has 0 aliphatic carbocycles. The normalized spacial score (nSPS) is 12.0. The first-order chi connectivity index (χ1) is 10.1. The maximum Gasteiger partial charge on any atom is 0.171 e. The van der Waals surface area contributed by atoms with Crippen molar-refractivity contribution in [3.63, 3.8) is 0 Å². The molecule has 2 rings (SSSR count). The molecule has 21 heavy (non-hydrogen) atoms. The molecular formula is C17H21N3S. The molecule has 1 atom stereocenters. The van der Waals surface area contributed by atoms with Crippen molar-refractivity contribution in [2.75, 3.05) is 5.32 Å². The van der Waals surface area contributed by atoms with Crippen LogP contribution in [0.4, 0.5) is 5.69 Å². The van der Waals surface area contributed by atoms with Crippen molar-refractivity contribution in [2.45, 2.75) is 26.8 Å². The number of rotatable bonds is 4. The Bertz CT molecular complexity index is 596. The summed E-state index contributed by atoms with van der Waals surface area (Å²) < 4.78 is 0. The first-order valence-electron chi connectivity index (χ1n) is 7.11. The predicted octanol–water partition coefficient (Wildman–Crippen LogP) is 4.07. The molecule has 0 unspecified atom stereocenters. The zero-order chi connectivity index (χ0) is 15.2. The number of benzene rings is 1. The number of thiocarbonyl (C=S) groups is 1. The van der Waals surface area contributed by atoms with Gasteiger partial charge >= 0.3 is 0 Å². The molecule has 1 heterocycles. The predicted molar refractivity (Wildman–Crippen MR) is 92.4 cm³/mol. The van der Waals surface area contributed by atoms with Crippen molar-refractivity contribution in [2.24, 2.45) is 5.92 Å². The lowest BCUT2D eigenvalue weighted by molar-refractivity contribution is 0.471. The summed E-state index contributed by atoms with van der Waals surface area (Å²) in [6.45, 7) is 6.52. The summed E-state index contributed by atoms with van der Waals surface area (Å²) in [5.41, 5.74) is 3.50. The highest BCUT2D eigenvalue weighted by Gasteiger charge is 2.18. The summed E-state index contributed by atoms with van der Waals surface area (Å²) in [7, 11) is 0. The van der Waals surface area contributed by atoms with Gasteiger partial charge in [0.25, 0.3) is 0 Å². The Balaban J connectivity index is 2.10. The van der Waals surface area contributed by atoms with E-state index in [4.69, 9.17) is 12.2 Å². The van der Waals surface area contributed by atoms with E-state index in [1.54, 1.807) is 12.4 Å². The van der Waals surface area contributed by atoms with E-state index in [1.165, 1.54) is 11.1 Å². The van der Waals surface area contributed by atoms with Crippen LogP contribution >= 0.6 is 12.2 Å². The average molecular weight is 299 g/mol. The monoisotopic (exact) mass is 299 g/mol. The van der Waals surface area contributed by atoms with E-state index < -0.39 is 0 Å². The third-order valence-electron chi connectivity index (χ3n) is 3.41. The Morgan fingerprint density at radius 1 is 1.10 bits per heavy atom. The van der Waals surface area contributed by atoms with E-state index >= 15 is 0 Å². The van der Waals surface area contributed by atoms with Gasteiger partial charge in [-0.3, -0.25) is 4.98 Å². The second-order valence-electron chi connectivity index (χ2n) is 5.41. The topological polar surface area (TPSA) is 37.0 Å². The van der Waals surface area contributed by atoms with Crippen LogP contribution in [0.1, 0.15) is 31.0 Å². The highest BCUT2D eigenvalue weighted by atomic mass is 32.1. The van der Waals surface area contributed by atoms with Crippen LogP contribution in [0.5, 0.6) is 0 Å². The van der Waals surface area contributed by atoms with E-state index in [9.17, 15) is 0 Å². The molecule has 1 aromatic carbocycles. The lowest BCUT2D eigenvalue weighted by Crippen LogP contribution is -2.35. The van der Waals surface area contributed by atoms with Gasteiger partial charge in [0.2, 0.25) is 0 Å². The second-order valence-corrected chi connectivity index (χ2v) is 5.82. The molecule has 0 radical (unpaired) electrons. The number of hydrogen-bond donors (Lipinski definition) is 2. The van der Waals surface area contributed by atoms with Gasteiger partial charge in [0.15, 0.2) is 5.11 Å². The zero-order valence-electron chi connectivity index (χ0n) is 12.6. The molecule has 0 amide bonds. The summed E-state index contributed by atoms with van der Waals surface area (Å²) in [6, 6.07) is 12.4. The highest BCUT2D eigenvalue weighted by Crippen LogP contribution is 2.24. The Labute approximate surface area is 131 Å². The number of nitrogens with zero attached hydrogens (tertiary/aromatic N) is 1. The van der Waals surface area contributed by atoms with E-state index in [2.05, 4.69) is 60.7 Å². The van der Waals surface area contributed by atoms with Gasteiger partial charge < -0.3 is 10.6 Å². The Kier molecular flexibility index (Phi) is 5.28. The van der Waals surface area contributed by atoms with Crippen molar-refractivity contribution in [3.8, 4) is 0 Å². The van der Waals surface area contributed by atoms with Gasteiger partial charge in [0.05, 0.1) is 6.04 Å². The van der Waals surface area contributed by atoms with Gasteiger partial charge in [0, 0.05) is 18.1 Å². The first-order valence-corrected chi connectivity index (χ1v) is 7.52. The van der Waals surface area contributed by atoms with Gasteiger partial charge in [-0.15, -0.1) is 0 Å². The van der Waals surface area contributed by atoms with E-state index in [0.717, 1.165) is 5.69 Å². The molecule has 0 saturated heterocycles. The number of pyridine rings is 1. The maximum atomic E-state index is 5.43. The molecule has 0 aliphatic heterocycles. The minimum Gasteiger partial charge on any atom is -0.355 e. The number of anilines is 1. The van der Waals surface area contributed by atoms with Gasteiger partial charge in [0.1, 0.15) is 0 Å². The minimum atomic E-state index is 0.188. The first kappa shape index (κ1) is 15.4. The Morgan fingerprint density at radius 3 is 2.38 bits per heavy atom. The summed E-state index contributed by atoms with van der Waals surface area (Å²) in [5.74, 6) is 0.434. The largest absolute Gasteiger partial charge is 0.355 e. The van der Waals surface area contributed by atoms with Gasteiger partial charge in [-0.2, -0.15) is 0 Å². The third kappa shape index (κ3) is 4.26. The summed E-state index contributed by atoms with van der Waals surface area (Å²) in [4.78, 5) is 4.00. The molecule has 0 aliphatic rings. The fourth-order valence-corrected chi connectivity index (χ4v) is 2.53. The molecule has 0 bridgehead atoms. The second kappa shape index (κ2) is 7.18. The van der Waals surface area contributed by atoms with Crippen LogP contribution in [0.3, 0.4) is 0 Å². The summed E-state index contributed by atoms with van der Waals surface area (Å²) >= 11 is 5.43. The molecule has 0 saturated carbocycles. The molecule has 2 aromatic rings. The summed E-state index contributed by atoms with van der Waals surface area (Å²) in [6.07, 6.45) is 3.48. The SMILES string of the molecule is Cc1ccccc1[C@@H](NC(=S)Nc1ccncc1)C(C)C. The van der Waals surface area contributed by atoms with Gasteiger partial charge in [-0.1, -0.05) is 38.1 Å². The maximum absolute atomic E-state index is 5.43. The quantitative estimate of drug-likeness (QED) is 0.834. The molecule has 3 nitrogen and oxygen atoms in total. The smallest absolute Gasteiger partial charge is 0.171 e. The van der Waals surface area contributed by atoms with Crippen LogP contribution in [0.25, 0.3) is 0 Å². The number of aromatic nitrogens is 1. The van der Waals surface area contributed by atoms with Crippen molar-refractivity contribution in [3.05, 3.63) is 59.9 Å². The number of aryl methyl sites for hydroxylation is 1. The van der Waals surface area contributed by atoms with E-state index in [-0.39, 0.29) is 6.04 Å². The van der Waals surface area contributed by atoms with Crippen LogP contribution in [0.2, 0.25) is 0 Å². The Morgan fingerprint density at radius 2 is 1.76 bits per heavy atom. The molecule has 0 fully saturated rings. The van der Waals surface area contributed by atoms with Crippen LogP contribution in [0.15, 0.2) is 48.8 Å². The standard InChI is InChI=1S/C17H21N3S/c1-12(2)16(15-7-5-4-6-13(15)3)20-17(21)19-14-8-10-18-11-9-14/h4-12,16H,1-3H3,(H2,18,19,20,21)/t16-/m0/s1. The van der Waals surface area contributed by atoms with Crippen LogP contribution in [-0.4, -0.2) is 10.1 Å². The molecule has 2 N–H and O–H groups in total. The average Bonchev–Trinajstić information content (AvgIpc) is 2.46. The van der Waals surface area contributed by atoms with Gasteiger partial charge in [-0.05, 0) is 48.3 Å². The number of nitrogens with one attached hydrogen (secondary N) is 2. The van der Waals surface area contributed by atoms with Crippen molar-refractivity contribution >= 4 is 23.0 Å². The van der Waals surface area contributed by atoms with Gasteiger partial charge in [-0.25, -0.2) is 0 Å². The van der Waals surface area contributed by atoms with Crippen molar-refractivity contribution in [1.82, 2.24) is 10.3 Å². The van der Waals surface area contributed by atoms with Crippen molar-refractivity contribution < 1.29 is 0 Å². The van der Waals surface area contributed by atoms with Crippen LogP contribution < -0.4 is 10.6 Å². The molecular weight excluding hydrogens is 278 g/mol. The number of hydrogen-bond acceptors (Lipinski definition) is 2. The fourth-order valence-electron chi connectivity index (χ4n) is 2.28. The molecule has 4 heteroatoms. The molecule has 110 valence electrons. The lowest BCUT2D eigenvalue weighted by atomic mass is 9.93. The third-order valence-corrected chi connectivity index (χ3v) is 3.63. The van der Waals surface area contributed by atoms with Crippen LogP contribution in [0, 0.1) is 12.8 Å². The van der Waals surface area contributed by atoms with Crippen LogP contribution in [-0.2, 0) is 0 Å². The zero-order valence-corrected chi connectivity index (χ0v) is 13.4. The highest BCUT2D eigenvalue weighted by molar-refractivity contribution is 7.80. The molecule has 0 spiro atoms. The Hall–Kier alpha value is -1.94.